The van der Waals surface area contributed by atoms with Gasteiger partial charge < -0.3 is 10.6 Å². The molecule has 19 heavy (non-hydrogen) atoms. The largest absolute Gasteiger partial charge is 0.355 e. The van der Waals surface area contributed by atoms with Crippen molar-refractivity contribution in [3.05, 3.63) is 0 Å². The van der Waals surface area contributed by atoms with Gasteiger partial charge in [0.05, 0.1) is 11.5 Å². The average molecular weight is 306 g/mol. The van der Waals surface area contributed by atoms with Gasteiger partial charge >= 0.3 is 0 Å². The molecule has 2 rings (SSSR count). The first-order valence-electron chi connectivity index (χ1n) is 6.87. The molecule has 2 saturated heterocycles. The molecular weight excluding hydrogens is 284 g/mol. The van der Waals surface area contributed by atoms with Crippen LogP contribution in [0.1, 0.15) is 25.7 Å². The maximum atomic E-state index is 11.8. The predicted molar refractivity (Wildman–Crippen MR) is 78.2 cm³/mol. The topological polar surface area (TPSA) is 75.3 Å². The summed E-state index contributed by atoms with van der Waals surface area (Å²) in [6, 6.07) is -0.224. The molecule has 2 atom stereocenters. The second-order valence-electron chi connectivity index (χ2n) is 5.26. The van der Waals surface area contributed by atoms with Crippen LogP contribution in [0.15, 0.2) is 0 Å². The number of amides is 1. The Morgan fingerprint density at radius 2 is 2.21 bits per heavy atom. The van der Waals surface area contributed by atoms with Crippen LogP contribution >= 0.6 is 11.8 Å². The number of rotatable bonds is 4. The van der Waals surface area contributed by atoms with E-state index in [1.807, 2.05) is 11.8 Å². The lowest BCUT2D eigenvalue weighted by Crippen LogP contribution is -2.47. The van der Waals surface area contributed by atoms with E-state index in [0.717, 1.165) is 0 Å². The molecule has 1 amide bonds. The van der Waals surface area contributed by atoms with Crippen LogP contribution in [0.25, 0.3) is 0 Å². The maximum absolute atomic E-state index is 11.8. The SMILES string of the molecule is O=C(CC1CS(=O)(=O)CCN1)NCC1CCCCS1. The smallest absolute Gasteiger partial charge is 0.221 e. The Balaban J connectivity index is 1.69. The minimum atomic E-state index is -2.96. The molecule has 0 aliphatic carbocycles. The fourth-order valence-corrected chi connectivity index (χ4v) is 5.17. The Bertz CT molecular complexity index is 405. The summed E-state index contributed by atoms with van der Waals surface area (Å²) in [7, 11) is -2.96. The minimum Gasteiger partial charge on any atom is -0.355 e. The zero-order chi connectivity index (χ0) is 13.7. The van der Waals surface area contributed by atoms with Crippen LogP contribution in [0, 0.1) is 0 Å². The van der Waals surface area contributed by atoms with Crippen molar-refractivity contribution >= 4 is 27.5 Å². The highest BCUT2D eigenvalue weighted by Gasteiger charge is 2.26. The van der Waals surface area contributed by atoms with Crippen LogP contribution in [0.2, 0.25) is 0 Å². The van der Waals surface area contributed by atoms with Crippen molar-refractivity contribution in [2.75, 3.05) is 30.3 Å². The van der Waals surface area contributed by atoms with Gasteiger partial charge in [0, 0.05) is 30.8 Å². The van der Waals surface area contributed by atoms with Gasteiger partial charge in [0.1, 0.15) is 0 Å². The summed E-state index contributed by atoms with van der Waals surface area (Å²) in [6.45, 7) is 1.17. The molecule has 2 heterocycles. The fourth-order valence-electron chi connectivity index (χ4n) is 2.49. The molecule has 0 aromatic heterocycles. The van der Waals surface area contributed by atoms with E-state index in [2.05, 4.69) is 10.6 Å². The molecule has 2 aliphatic heterocycles. The van der Waals surface area contributed by atoms with Crippen molar-refractivity contribution in [3.63, 3.8) is 0 Å². The lowest BCUT2D eigenvalue weighted by atomic mass is 10.2. The van der Waals surface area contributed by atoms with Gasteiger partial charge in [-0.05, 0) is 18.6 Å². The highest BCUT2D eigenvalue weighted by molar-refractivity contribution is 7.99. The fraction of sp³-hybridized carbons (Fsp3) is 0.917. The monoisotopic (exact) mass is 306 g/mol. The molecule has 2 N–H and O–H groups in total. The molecule has 5 nitrogen and oxygen atoms in total. The van der Waals surface area contributed by atoms with Gasteiger partial charge in [-0.25, -0.2) is 8.42 Å². The van der Waals surface area contributed by atoms with Gasteiger partial charge in [-0.2, -0.15) is 11.8 Å². The van der Waals surface area contributed by atoms with Crippen molar-refractivity contribution in [3.8, 4) is 0 Å². The van der Waals surface area contributed by atoms with Gasteiger partial charge in [0.15, 0.2) is 9.84 Å². The third kappa shape index (κ3) is 5.31. The second-order valence-corrected chi connectivity index (χ2v) is 8.90. The normalized spacial score (nSPS) is 30.7. The molecule has 0 aromatic carbocycles. The van der Waals surface area contributed by atoms with E-state index in [4.69, 9.17) is 0 Å². The summed E-state index contributed by atoms with van der Waals surface area (Å²) in [5.41, 5.74) is 0. The van der Waals surface area contributed by atoms with E-state index in [0.29, 0.717) is 18.3 Å². The molecule has 0 bridgehead atoms. The van der Waals surface area contributed by atoms with Crippen molar-refractivity contribution in [1.29, 1.82) is 0 Å². The molecule has 0 radical (unpaired) electrons. The lowest BCUT2D eigenvalue weighted by molar-refractivity contribution is -0.121. The van der Waals surface area contributed by atoms with Crippen molar-refractivity contribution in [2.45, 2.75) is 37.0 Å². The van der Waals surface area contributed by atoms with Crippen LogP contribution in [0.4, 0.5) is 0 Å². The van der Waals surface area contributed by atoms with Gasteiger partial charge in [0.25, 0.3) is 0 Å². The quantitative estimate of drug-likeness (QED) is 0.774. The molecule has 0 spiro atoms. The van der Waals surface area contributed by atoms with Crippen LogP contribution in [0.5, 0.6) is 0 Å². The summed E-state index contributed by atoms with van der Waals surface area (Å²) < 4.78 is 22.9. The molecule has 7 heteroatoms. The summed E-state index contributed by atoms with van der Waals surface area (Å²) in [6.07, 6.45) is 3.95. The molecule has 0 aromatic rings. The van der Waals surface area contributed by atoms with Crippen molar-refractivity contribution < 1.29 is 13.2 Å². The number of thioether (sulfide) groups is 1. The summed E-state index contributed by atoms with van der Waals surface area (Å²) >= 11 is 1.92. The number of nitrogens with one attached hydrogen (secondary N) is 2. The van der Waals surface area contributed by atoms with E-state index in [1.54, 1.807) is 0 Å². The number of hydrogen-bond donors (Lipinski definition) is 2. The minimum absolute atomic E-state index is 0.0410. The van der Waals surface area contributed by atoms with E-state index < -0.39 is 9.84 Å². The first-order chi connectivity index (χ1) is 9.05. The Kier molecular flexibility index (Phi) is 5.53. The van der Waals surface area contributed by atoms with Gasteiger partial charge in [-0.1, -0.05) is 6.42 Å². The standard InChI is InChI=1S/C12H22N2O3S2/c15-12(14-8-11-3-1-2-5-18-11)7-10-9-19(16,17)6-4-13-10/h10-11,13H,1-9H2,(H,14,15). The molecule has 2 aliphatic rings. The molecular formula is C12H22N2O3S2. The van der Waals surface area contributed by atoms with E-state index >= 15 is 0 Å². The number of hydrogen-bond acceptors (Lipinski definition) is 5. The first-order valence-corrected chi connectivity index (χ1v) is 9.74. The van der Waals surface area contributed by atoms with Crippen LogP contribution in [-0.2, 0) is 14.6 Å². The molecule has 0 saturated carbocycles. The lowest BCUT2D eigenvalue weighted by Gasteiger charge is -2.24. The summed E-state index contributed by atoms with van der Waals surface area (Å²) in [4.78, 5) is 11.8. The van der Waals surface area contributed by atoms with Crippen LogP contribution in [0.3, 0.4) is 0 Å². The van der Waals surface area contributed by atoms with Crippen molar-refractivity contribution in [2.24, 2.45) is 0 Å². The Morgan fingerprint density at radius 1 is 1.37 bits per heavy atom. The molecule has 110 valence electrons. The zero-order valence-electron chi connectivity index (χ0n) is 11.1. The van der Waals surface area contributed by atoms with E-state index in [-0.39, 0.29) is 29.9 Å². The predicted octanol–water partition coefficient (Wildman–Crippen LogP) is 0.165. The average Bonchev–Trinajstić information content (AvgIpc) is 2.36. The van der Waals surface area contributed by atoms with E-state index in [1.165, 1.54) is 25.0 Å². The van der Waals surface area contributed by atoms with Crippen molar-refractivity contribution in [1.82, 2.24) is 10.6 Å². The molecule has 2 unspecified atom stereocenters. The maximum Gasteiger partial charge on any atom is 0.221 e. The summed E-state index contributed by atoms with van der Waals surface area (Å²) in [5, 5.41) is 6.56. The highest BCUT2D eigenvalue weighted by atomic mass is 32.2. The third-order valence-electron chi connectivity index (χ3n) is 3.53. The summed E-state index contributed by atoms with van der Waals surface area (Å²) in [5.74, 6) is 1.41. The van der Waals surface area contributed by atoms with E-state index in [9.17, 15) is 13.2 Å². The first kappa shape index (κ1) is 15.1. The molecule has 2 fully saturated rings. The van der Waals surface area contributed by atoms with Gasteiger partial charge in [-0.3, -0.25) is 4.79 Å². The van der Waals surface area contributed by atoms with Gasteiger partial charge in [-0.15, -0.1) is 0 Å². The van der Waals surface area contributed by atoms with Crippen LogP contribution < -0.4 is 10.6 Å². The second kappa shape index (κ2) is 6.95. The van der Waals surface area contributed by atoms with Crippen LogP contribution in [-0.4, -0.2) is 56.0 Å². The Hall–Kier alpha value is -0.270. The third-order valence-corrected chi connectivity index (χ3v) is 6.67. The zero-order valence-corrected chi connectivity index (χ0v) is 12.7. The van der Waals surface area contributed by atoms with Gasteiger partial charge in [0.2, 0.25) is 5.91 Å². The Morgan fingerprint density at radius 3 is 2.89 bits per heavy atom. The number of carbonyl (C=O) groups excluding carboxylic acids is 1. The number of sulfone groups is 1. The highest BCUT2D eigenvalue weighted by Crippen LogP contribution is 2.24. The number of carbonyl (C=O) groups is 1. The Labute approximate surface area is 119 Å².